The molecule has 3 nitrogen and oxygen atoms in total. The summed E-state index contributed by atoms with van der Waals surface area (Å²) in [5, 5.41) is 9.41. The van der Waals surface area contributed by atoms with E-state index in [0.717, 1.165) is 15.7 Å². The summed E-state index contributed by atoms with van der Waals surface area (Å²) in [5.74, 6) is 0.0572. The predicted molar refractivity (Wildman–Crippen MR) is 75.6 cm³/mol. The van der Waals surface area contributed by atoms with Gasteiger partial charge in [0.1, 0.15) is 0 Å². The first-order chi connectivity index (χ1) is 8.37. The fourth-order valence-corrected chi connectivity index (χ4v) is 3.25. The number of halogens is 1. The standard InChI is InChI=1S/C14H18BrNO2/c1-9-4-5-12(11(15)6-9)16-13(18)7-10(8-17)14(16,2)3/h4-6,10,17H,7-8H2,1-3H3. The zero-order chi connectivity index (χ0) is 13.5. The number of amides is 1. The topological polar surface area (TPSA) is 40.5 Å². The van der Waals surface area contributed by atoms with Crippen molar-refractivity contribution in [3.8, 4) is 0 Å². The van der Waals surface area contributed by atoms with Crippen molar-refractivity contribution in [3.63, 3.8) is 0 Å². The van der Waals surface area contributed by atoms with Crippen molar-refractivity contribution in [1.82, 2.24) is 0 Å². The molecule has 0 aliphatic carbocycles. The van der Waals surface area contributed by atoms with Crippen molar-refractivity contribution in [3.05, 3.63) is 28.2 Å². The van der Waals surface area contributed by atoms with Crippen LogP contribution in [0.4, 0.5) is 5.69 Å². The molecule has 0 bridgehead atoms. The number of aliphatic hydroxyl groups excluding tert-OH is 1. The van der Waals surface area contributed by atoms with E-state index in [2.05, 4.69) is 15.9 Å². The van der Waals surface area contributed by atoms with Crippen molar-refractivity contribution >= 4 is 27.5 Å². The van der Waals surface area contributed by atoms with E-state index in [4.69, 9.17) is 0 Å². The van der Waals surface area contributed by atoms with Gasteiger partial charge >= 0.3 is 0 Å². The van der Waals surface area contributed by atoms with E-state index in [1.165, 1.54) is 0 Å². The van der Waals surface area contributed by atoms with Gasteiger partial charge in [0.15, 0.2) is 0 Å². The van der Waals surface area contributed by atoms with Crippen LogP contribution in [0, 0.1) is 12.8 Å². The number of rotatable bonds is 2. The van der Waals surface area contributed by atoms with Crippen LogP contribution < -0.4 is 4.90 Å². The fourth-order valence-electron chi connectivity index (χ4n) is 2.58. The number of benzene rings is 1. The maximum Gasteiger partial charge on any atom is 0.227 e. The average molecular weight is 312 g/mol. The zero-order valence-corrected chi connectivity index (χ0v) is 12.5. The highest BCUT2D eigenvalue weighted by atomic mass is 79.9. The molecule has 1 aliphatic rings. The minimum Gasteiger partial charge on any atom is -0.396 e. The number of carbonyl (C=O) groups is 1. The summed E-state index contributed by atoms with van der Waals surface area (Å²) in [4.78, 5) is 14.0. The molecular weight excluding hydrogens is 294 g/mol. The van der Waals surface area contributed by atoms with Crippen LogP contribution in [0.2, 0.25) is 0 Å². The SMILES string of the molecule is Cc1ccc(N2C(=O)CC(CO)C2(C)C)c(Br)c1. The van der Waals surface area contributed by atoms with Crippen molar-refractivity contribution in [1.29, 1.82) is 0 Å². The molecule has 1 fully saturated rings. The molecule has 2 rings (SSSR count). The molecule has 1 amide bonds. The molecule has 0 aromatic heterocycles. The second-order valence-corrected chi connectivity index (χ2v) is 6.28. The van der Waals surface area contributed by atoms with Crippen molar-refractivity contribution < 1.29 is 9.90 Å². The van der Waals surface area contributed by atoms with Gasteiger partial charge in [-0.3, -0.25) is 4.79 Å². The first-order valence-corrected chi connectivity index (χ1v) is 6.87. The normalized spacial score (nSPS) is 22.6. The number of anilines is 1. The lowest BCUT2D eigenvalue weighted by Crippen LogP contribution is -2.45. The maximum absolute atomic E-state index is 12.2. The summed E-state index contributed by atoms with van der Waals surface area (Å²) < 4.78 is 0.919. The minimum absolute atomic E-state index is 0.0156. The summed E-state index contributed by atoms with van der Waals surface area (Å²) in [5.41, 5.74) is 1.67. The van der Waals surface area contributed by atoms with Gasteiger partial charge in [0.25, 0.3) is 0 Å². The highest BCUT2D eigenvalue weighted by molar-refractivity contribution is 9.10. The zero-order valence-electron chi connectivity index (χ0n) is 10.9. The van der Waals surface area contributed by atoms with Gasteiger partial charge < -0.3 is 10.0 Å². The third kappa shape index (κ3) is 2.08. The largest absolute Gasteiger partial charge is 0.396 e. The molecule has 1 N–H and O–H groups in total. The second kappa shape index (κ2) is 4.67. The Hall–Kier alpha value is -0.870. The Morgan fingerprint density at radius 3 is 2.67 bits per heavy atom. The lowest BCUT2D eigenvalue weighted by atomic mass is 9.89. The van der Waals surface area contributed by atoms with E-state index < -0.39 is 0 Å². The van der Waals surface area contributed by atoms with Crippen LogP contribution in [-0.2, 0) is 4.79 Å². The van der Waals surface area contributed by atoms with Gasteiger partial charge in [-0.05, 0) is 54.4 Å². The first-order valence-electron chi connectivity index (χ1n) is 6.08. The molecular formula is C14H18BrNO2. The van der Waals surface area contributed by atoms with Crippen LogP contribution >= 0.6 is 15.9 Å². The van der Waals surface area contributed by atoms with Gasteiger partial charge in [-0.1, -0.05) is 6.07 Å². The van der Waals surface area contributed by atoms with E-state index in [-0.39, 0.29) is 24.0 Å². The Morgan fingerprint density at radius 1 is 1.50 bits per heavy atom. The Bertz CT molecular complexity index is 485. The Balaban J connectivity index is 2.46. The third-order valence-electron chi connectivity index (χ3n) is 3.81. The Labute approximate surface area is 116 Å². The van der Waals surface area contributed by atoms with Crippen molar-refractivity contribution in [2.24, 2.45) is 5.92 Å². The van der Waals surface area contributed by atoms with E-state index in [1.807, 2.05) is 39.0 Å². The fraction of sp³-hybridized carbons (Fsp3) is 0.500. The number of hydrogen-bond acceptors (Lipinski definition) is 2. The van der Waals surface area contributed by atoms with Crippen LogP contribution in [0.25, 0.3) is 0 Å². The first kappa shape index (κ1) is 13.6. The Kier molecular flexibility index (Phi) is 3.52. The quantitative estimate of drug-likeness (QED) is 0.912. The van der Waals surface area contributed by atoms with E-state index in [0.29, 0.717) is 6.42 Å². The minimum atomic E-state index is -0.358. The van der Waals surface area contributed by atoms with Crippen LogP contribution in [0.5, 0.6) is 0 Å². The van der Waals surface area contributed by atoms with E-state index >= 15 is 0 Å². The third-order valence-corrected chi connectivity index (χ3v) is 4.45. The molecule has 1 aliphatic heterocycles. The Morgan fingerprint density at radius 2 is 2.17 bits per heavy atom. The van der Waals surface area contributed by atoms with Gasteiger partial charge in [0.05, 0.1) is 5.69 Å². The number of aliphatic hydroxyl groups is 1. The van der Waals surface area contributed by atoms with E-state index in [1.54, 1.807) is 4.90 Å². The summed E-state index contributed by atoms with van der Waals surface area (Å²) >= 11 is 3.52. The van der Waals surface area contributed by atoms with Crippen LogP contribution in [0.15, 0.2) is 22.7 Å². The average Bonchev–Trinajstić information content (AvgIpc) is 2.50. The number of carbonyl (C=O) groups excluding carboxylic acids is 1. The summed E-state index contributed by atoms with van der Waals surface area (Å²) in [6.07, 6.45) is 0.407. The molecule has 1 heterocycles. The summed E-state index contributed by atoms with van der Waals surface area (Å²) in [6.45, 7) is 6.07. The monoisotopic (exact) mass is 311 g/mol. The molecule has 0 spiro atoms. The molecule has 1 unspecified atom stereocenters. The summed E-state index contributed by atoms with van der Waals surface area (Å²) in [6, 6.07) is 5.96. The lowest BCUT2D eigenvalue weighted by Gasteiger charge is -2.36. The van der Waals surface area contributed by atoms with Crippen LogP contribution in [0.3, 0.4) is 0 Å². The molecule has 1 aromatic carbocycles. The molecule has 1 aromatic rings. The predicted octanol–water partition coefficient (Wildman–Crippen LogP) is 2.88. The molecule has 0 radical (unpaired) electrons. The number of hydrogen-bond donors (Lipinski definition) is 1. The molecule has 18 heavy (non-hydrogen) atoms. The van der Waals surface area contributed by atoms with Crippen molar-refractivity contribution in [2.75, 3.05) is 11.5 Å². The highest BCUT2D eigenvalue weighted by Crippen LogP contribution is 2.41. The number of aryl methyl sites for hydroxylation is 1. The molecule has 4 heteroatoms. The smallest absolute Gasteiger partial charge is 0.227 e. The van der Waals surface area contributed by atoms with Gasteiger partial charge in [-0.25, -0.2) is 0 Å². The molecule has 0 saturated carbocycles. The van der Waals surface area contributed by atoms with Gasteiger partial charge in [-0.2, -0.15) is 0 Å². The maximum atomic E-state index is 12.2. The van der Waals surface area contributed by atoms with Gasteiger partial charge in [-0.15, -0.1) is 0 Å². The number of nitrogens with zero attached hydrogens (tertiary/aromatic N) is 1. The molecule has 1 saturated heterocycles. The van der Waals surface area contributed by atoms with E-state index in [9.17, 15) is 9.90 Å². The van der Waals surface area contributed by atoms with Crippen LogP contribution in [-0.4, -0.2) is 23.2 Å². The van der Waals surface area contributed by atoms with Gasteiger partial charge in [0, 0.05) is 29.0 Å². The summed E-state index contributed by atoms with van der Waals surface area (Å²) in [7, 11) is 0. The van der Waals surface area contributed by atoms with Crippen LogP contribution in [0.1, 0.15) is 25.8 Å². The van der Waals surface area contributed by atoms with Crippen molar-refractivity contribution in [2.45, 2.75) is 32.7 Å². The molecule has 1 atom stereocenters. The molecule has 98 valence electrons. The highest BCUT2D eigenvalue weighted by Gasteiger charge is 2.46. The lowest BCUT2D eigenvalue weighted by molar-refractivity contribution is -0.117. The van der Waals surface area contributed by atoms with Gasteiger partial charge in [0.2, 0.25) is 5.91 Å². The second-order valence-electron chi connectivity index (χ2n) is 5.42.